The molecular formula is C24H17ClF2N2O2S. The van der Waals surface area contributed by atoms with Gasteiger partial charge in [-0.3, -0.25) is 4.79 Å². The van der Waals surface area contributed by atoms with Crippen LogP contribution in [0.3, 0.4) is 0 Å². The van der Waals surface area contributed by atoms with E-state index in [1.165, 1.54) is 0 Å². The van der Waals surface area contributed by atoms with E-state index in [1.807, 2.05) is 44.2 Å². The van der Waals surface area contributed by atoms with Gasteiger partial charge < -0.3 is 10.6 Å². The number of fused-ring (bicyclic) bond motifs is 1. The molecule has 0 aliphatic carbocycles. The molecule has 0 spiro atoms. The number of carbonyl (C=O) groups excluding carboxylic acids is 1. The number of carbonyl (C=O) groups is 1. The Hall–Kier alpha value is -3.29. The van der Waals surface area contributed by atoms with Gasteiger partial charge in [0.05, 0.1) is 5.69 Å². The molecule has 0 saturated carbocycles. The lowest BCUT2D eigenvalue weighted by molar-refractivity contribution is 0.262. The number of halogens is 3. The van der Waals surface area contributed by atoms with Crippen molar-refractivity contribution in [3.63, 3.8) is 0 Å². The van der Waals surface area contributed by atoms with Gasteiger partial charge in [-0.15, -0.1) is 0 Å². The van der Waals surface area contributed by atoms with Crippen molar-refractivity contribution in [3.8, 4) is 11.1 Å². The van der Waals surface area contributed by atoms with E-state index in [-0.39, 0.29) is 16.1 Å². The first-order valence-electron chi connectivity index (χ1n) is 9.60. The van der Waals surface area contributed by atoms with Gasteiger partial charge in [-0.1, -0.05) is 47.2 Å². The zero-order valence-electron chi connectivity index (χ0n) is 17.1. The second-order valence-corrected chi connectivity index (χ2v) is 8.68. The SMILES string of the molecule is Cc1cc2sc(=O)c(NC(=O)Nc3ccc(F)cc3F)c(-c3ccccc3C)c2cc1Cl. The molecule has 32 heavy (non-hydrogen) atoms. The molecule has 0 bridgehead atoms. The summed E-state index contributed by atoms with van der Waals surface area (Å²) in [4.78, 5) is 25.7. The Balaban J connectivity index is 1.87. The Bertz CT molecular complexity index is 1440. The van der Waals surface area contributed by atoms with Crippen molar-refractivity contribution in [3.05, 3.63) is 91.9 Å². The third-order valence-electron chi connectivity index (χ3n) is 5.02. The molecule has 162 valence electrons. The molecule has 0 unspecified atom stereocenters. The zero-order valence-corrected chi connectivity index (χ0v) is 18.6. The van der Waals surface area contributed by atoms with E-state index in [4.69, 9.17) is 11.6 Å². The third kappa shape index (κ3) is 4.22. The highest BCUT2D eigenvalue weighted by atomic mass is 35.5. The number of nitrogens with one attached hydrogen (secondary N) is 2. The summed E-state index contributed by atoms with van der Waals surface area (Å²) in [5.74, 6) is -1.69. The summed E-state index contributed by atoms with van der Waals surface area (Å²) < 4.78 is 27.5. The van der Waals surface area contributed by atoms with Gasteiger partial charge >= 0.3 is 6.03 Å². The Morgan fingerprint density at radius 1 is 0.969 bits per heavy atom. The molecule has 4 nitrogen and oxygen atoms in total. The maximum absolute atomic E-state index is 14.0. The van der Waals surface area contributed by atoms with Crippen molar-refractivity contribution < 1.29 is 13.6 Å². The van der Waals surface area contributed by atoms with Crippen molar-refractivity contribution in [2.45, 2.75) is 13.8 Å². The quantitative estimate of drug-likeness (QED) is 0.335. The number of hydrogen-bond donors (Lipinski definition) is 2. The molecule has 0 atom stereocenters. The Labute approximate surface area is 191 Å². The standard InChI is InChI=1S/C24H17ClF2N2O2S/c1-12-5-3-4-6-15(12)21-16-11-17(25)13(2)9-20(16)32-23(30)22(21)29-24(31)28-19-8-7-14(26)10-18(19)27/h3-11H,1-2H3,(H2,28,29,31). The normalized spacial score (nSPS) is 10.9. The molecule has 2 amide bonds. The van der Waals surface area contributed by atoms with Crippen LogP contribution in [0.1, 0.15) is 11.1 Å². The van der Waals surface area contributed by atoms with Crippen LogP contribution in [-0.2, 0) is 0 Å². The molecule has 4 rings (SSSR count). The minimum Gasteiger partial charge on any atom is -0.305 e. The van der Waals surface area contributed by atoms with Crippen molar-refractivity contribution in [2.75, 3.05) is 10.6 Å². The lowest BCUT2D eigenvalue weighted by Gasteiger charge is -2.16. The van der Waals surface area contributed by atoms with Gasteiger partial charge in [-0.25, -0.2) is 13.6 Å². The molecule has 1 heterocycles. The highest BCUT2D eigenvalue weighted by molar-refractivity contribution is 7.16. The second kappa shape index (κ2) is 8.68. The van der Waals surface area contributed by atoms with Gasteiger partial charge in [0.2, 0.25) is 0 Å². The van der Waals surface area contributed by atoms with Crippen LogP contribution in [0.25, 0.3) is 21.2 Å². The predicted molar refractivity (Wildman–Crippen MR) is 127 cm³/mol. The largest absolute Gasteiger partial charge is 0.323 e. The first-order valence-corrected chi connectivity index (χ1v) is 10.8. The smallest absolute Gasteiger partial charge is 0.305 e. The van der Waals surface area contributed by atoms with Crippen LogP contribution in [0.5, 0.6) is 0 Å². The number of aryl methyl sites for hydroxylation is 2. The average Bonchev–Trinajstić information content (AvgIpc) is 2.73. The van der Waals surface area contributed by atoms with Gasteiger partial charge in [-0.2, -0.15) is 0 Å². The number of benzene rings is 3. The topological polar surface area (TPSA) is 58.2 Å². The van der Waals surface area contributed by atoms with Crippen LogP contribution in [0, 0.1) is 25.5 Å². The fourth-order valence-electron chi connectivity index (χ4n) is 3.43. The van der Waals surface area contributed by atoms with Gasteiger partial charge in [0.15, 0.2) is 0 Å². The predicted octanol–water partition coefficient (Wildman–Crippen LogP) is 7.12. The Morgan fingerprint density at radius 3 is 2.44 bits per heavy atom. The summed E-state index contributed by atoms with van der Waals surface area (Å²) in [7, 11) is 0. The maximum atomic E-state index is 14.0. The zero-order chi connectivity index (χ0) is 23.0. The monoisotopic (exact) mass is 470 g/mol. The number of amides is 2. The van der Waals surface area contributed by atoms with E-state index >= 15 is 0 Å². The average molecular weight is 471 g/mol. The first kappa shape index (κ1) is 21.9. The van der Waals surface area contributed by atoms with Crippen LogP contribution in [0.15, 0.2) is 59.4 Å². The summed E-state index contributed by atoms with van der Waals surface area (Å²) in [6, 6.07) is 13.0. The fraction of sp³-hybridized carbons (Fsp3) is 0.0833. The molecule has 0 saturated heterocycles. The van der Waals surface area contributed by atoms with E-state index in [2.05, 4.69) is 10.6 Å². The molecule has 0 radical (unpaired) electrons. The van der Waals surface area contributed by atoms with Crippen molar-refractivity contribution in [1.82, 2.24) is 0 Å². The van der Waals surface area contributed by atoms with E-state index in [9.17, 15) is 18.4 Å². The van der Waals surface area contributed by atoms with Gasteiger partial charge in [0.1, 0.15) is 17.3 Å². The van der Waals surface area contributed by atoms with Crippen molar-refractivity contribution in [1.29, 1.82) is 0 Å². The summed E-state index contributed by atoms with van der Waals surface area (Å²) in [6.07, 6.45) is 0. The van der Waals surface area contributed by atoms with E-state index < -0.39 is 17.7 Å². The summed E-state index contributed by atoms with van der Waals surface area (Å²) in [6.45, 7) is 3.75. The van der Waals surface area contributed by atoms with Crippen molar-refractivity contribution >= 4 is 50.4 Å². The maximum Gasteiger partial charge on any atom is 0.323 e. The van der Waals surface area contributed by atoms with Crippen LogP contribution in [0.4, 0.5) is 25.0 Å². The van der Waals surface area contributed by atoms with Crippen LogP contribution >= 0.6 is 22.9 Å². The van der Waals surface area contributed by atoms with Crippen molar-refractivity contribution in [2.24, 2.45) is 0 Å². The molecule has 0 fully saturated rings. The van der Waals surface area contributed by atoms with Gasteiger partial charge in [0, 0.05) is 26.7 Å². The minimum atomic E-state index is -0.926. The van der Waals surface area contributed by atoms with E-state index in [1.54, 1.807) is 6.07 Å². The second-order valence-electron chi connectivity index (χ2n) is 7.26. The van der Waals surface area contributed by atoms with Gasteiger partial charge in [0.25, 0.3) is 4.74 Å². The fourth-order valence-corrected chi connectivity index (χ4v) is 4.55. The van der Waals surface area contributed by atoms with Crippen LogP contribution < -0.4 is 15.4 Å². The van der Waals surface area contributed by atoms with E-state index in [0.29, 0.717) is 22.0 Å². The lowest BCUT2D eigenvalue weighted by atomic mass is 9.96. The molecule has 1 aromatic heterocycles. The highest BCUT2D eigenvalue weighted by Crippen LogP contribution is 2.38. The third-order valence-corrected chi connectivity index (χ3v) is 6.37. The van der Waals surface area contributed by atoms with Crippen LogP contribution in [-0.4, -0.2) is 6.03 Å². The van der Waals surface area contributed by atoms with Gasteiger partial charge in [-0.05, 0) is 54.8 Å². The molecule has 2 N–H and O–H groups in total. The summed E-state index contributed by atoms with van der Waals surface area (Å²) >= 11 is 7.36. The number of anilines is 2. The molecule has 0 aliphatic rings. The Kier molecular flexibility index (Phi) is 5.95. The molecule has 3 aromatic carbocycles. The summed E-state index contributed by atoms with van der Waals surface area (Å²) in [5.41, 5.74) is 2.85. The van der Waals surface area contributed by atoms with E-state index in [0.717, 1.165) is 44.9 Å². The molecule has 8 heteroatoms. The number of hydrogen-bond acceptors (Lipinski definition) is 3. The lowest BCUT2D eigenvalue weighted by Crippen LogP contribution is -2.24. The highest BCUT2D eigenvalue weighted by Gasteiger charge is 2.20. The Morgan fingerprint density at radius 2 is 1.72 bits per heavy atom. The summed E-state index contributed by atoms with van der Waals surface area (Å²) in [5, 5.41) is 6.13. The minimum absolute atomic E-state index is 0.0525. The molecular weight excluding hydrogens is 454 g/mol. The number of rotatable bonds is 3. The van der Waals surface area contributed by atoms with Crippen LogP contribution in [0.2, 0.25) is 5.02 Å². The molecule has 0 aliphatic heterocycles. The number of urea groups is 1. The first-order chi connectivity index (χ1) is 15.2. The molecule has 4 aromatic rings.